The third kappa shape index (κ3) is 4.41. The van der Waals surface area contributed by atoms with E-state index in [-0.39, 0.29) is 24.8 Å². The summed E-state index contributed by atoms with van der Waals surface area (Å²) in [6, 6.07) is 20.4. The third-order valence-electron chi connectivity index (χ3n) is 4.71. The molecule has 0 atom stereocenters. The fourth-order valence-corrected chi connectivity index (χ4v) is 3.30. The predicted octanol–water partition coefficient (Wildman–Crippen LogP) is 3.51. The minimum atomic E-state index is -0.283. The predicted molar refractivity (Wildman–Crippen MR) is 109 cm³/mol. The molecule has 0 bridgehead atoms. The first-order chi connectivity index (χ1) is 14.1. The molecule has 0 saturated heterocycles. The number of benzene rings is 2. The highest BCUT2D eigenvalue weighted by atomic mass is 16.5. The van der Waals surface area contributed by atoms with Gasteiger partial charge in [0.25, 0.3) is 0 Å². The van der Waals surface area contributed by atoms with Gasteiger partial charge < -0.3 is 9.72 Å². The molecule has 29 heavy (non-hydrogen) atoms. The Bertz CT molecular complexity index is 1180. The number of ketones is 1. The van der Waals surface area contributed by atoms with E-state index in [1.54, 1.807) is 18.2 Å². The molecule has 0 unspecified atom stereocenters. The van der Waals surface area contributed by atoms with Crippen LogP contribution in [0.2, 0.25) is 0 Å². The molecule has 144 valence electrons. The van der Waals surface area contributed by atoms with Crippen molar-refractivity contribution in [3.63, 3.8) is 0 Å². The van der Waals surface area contributed by atoms with Crippen molar-refractivity contribution in [2.24, 2.45) is 7.05 Å². The number of pyridine rings is 1. The number of nitrogens with one attached hydrogen (secondary N) is 1. The summed E-state index contributed by atoms with van der Waals surface area (Å²) in [4.78, 5) is 28.0. The zero-order valence-electron chi connectivity index (χ0n) is 16.1. The van der Waals surface area contributed by atoms with Crippen molar-refractivity contribution in [1.82, 2.24) is 4.98 Å². The van der Waals surface area contributed by atoms with Gasteiger partial charge in [0.15, 0.2) is 18.2 Å². The van der Waals surface area contributed by atoms with Gasteiger partial charge in [-0.25, -0.2) is 4.57 Å². The standard InChI is InChI=1S/C24H20N2O3/c1-26-11-5-6-17(15-26)12-23(27)29-16-21-14-20-13-19(9-10-22(20)25-21)24(28)18-7-3-2-4-8-18/h2-11,13-15H,12,16H2,1H3/p+1. The van der Waals surface area contributed by atoms with Gasteiger partial charge in [-0.15, -0.1) is 0 Å². The summed E-state index contributed by atoms with van der Waals surface area (Å²) in [5.41, 5.74) is 3.88. The van der Waals surface area contributed by atoms with Crippen LogP contribution >= 0.6 is 0 Å². The van der Waals surface area contributed by atoms with Crippen LogP contribution in [0, 0.1) is 0 Å². The number of nitrogens with zero attached hydrogens (tertiary/aromatic N) is 1. The average molecular weight is 385 g/mol. The molecule has 0 aliphatic rings. The molecule has 2 heterocycles. The molecule has 1 N–H and O–H groups in total. The van der Waals surface area contributed by atoms with E-state index >= 15 is 0 Å². The number of rotatable bonds is 6. The monoisotopic (exact) mass is 385 g/mol. The quantitative estimate of drug-likeness (QED) is 0.314. The SMILES string of the molecule is C[n+]1cccc(CC(=O)OCc2cc3cc(C(=O)c4ccccc4)ccc3[nH]2)c1. The number of carbonyl (C=O) groups is 2. The van der Waals surface area contributed by atoms with Crippen LogP contribution in [0.1, 0.15) is 27.2 Å². The molecular formula is C24H21N2O3+. The molecular weight excluding hydrogens is 364 g/mol. The average Bonchev–Trinajstić information content (AvgIpc) is 3.14. The number of hydrogen-bond acceptors (Lipinski definition) is 3. The van der Waals surface area contributed by atoms with Crippen molar-refractivity contribution in [2.45, 2.75) is 13.0 Å². The summed E-state index contributed by atoms with van der Waals surface area (Å²) >= 11 is 0. The zero-order chi connectivity index (χ0) is 20.2. The maximum atomic E-state index is 12.6. The Morgan fingerprint density at radius 2 is 1.79 bits per heavy atom. The lowest BCUT2D eigenvalue weighted by Crippen LogP contribution is -2.27. The fraction of sp³-hybridized carbons (Fsp3) is 0.125. The first-order valence-corrected chi connectivity index (χ1v) is 9.40. The number of H-pyrrole nitrogens is 1. The van der Waals surface area contributed by atoms with Crippen LogP contribution in [-0.2, 0) is 29.6 Å². The van der Waals surface area contributed by atoms with Crippen molar-refractivity contribution >= 4 is 22.7 Å². The minimum Gasteiger partial charge on any atom is -0.459 e. The molecule has 4 aromatic rings. The van der Waals surface area contributed by atoms with E-state index in [0.29, 0.717) is 11.1 Å². The largest absolute Gasteiger partial charge is 0.459 e. The lowest BCUT2D eigenvalue weighted by molar-refractivity contribution is -0.671. The lowest BCUT2D eigenvalue weighted by Gasteiger charge is -2.02. The van der Waals surface area contributed by atoms with E-state index in [9.17, 15) is 9.59 Å². The van der Waals surface area contributed by atoms with Crippen molar-refractivity contribution < 1.29 is 18.9 Å². The number of aromatic nitrogens is 2. The summed E-state index contributed by atoms with van der Waals surface area (Å²) in [6.07, 6.45) is 4.04. The Kier molecular flexibility index (Phi) is 5.20. The Morgan fingerprint density at radius 1 is 0.966 bits per heavy atom. The molecule has 5 nitrogen and oxygen atoms in total. The minimum absolute atomic E-state index is 0.0160. The molecule has 0 amide bonds. The molecule has 0 aliphatic carbocycles. The smallest absolute Gasteiger partial charge is 0.310 e. The van der Waals surface area contributed by atoms with E-state index in [4.69, 9.17) is 4.74 Å². The Hall–Kier alpha value is -3.73. The van der Waals surface area contributed by atoms with Gasteiger partial charge in [-0.05, 0) is 30.3 Å². The maximum Gasteiger partial charge on any atom is 0.310 e. The Morgan fingerprint density at radius 3 is 2.59 bits per heavy atom. The summed E-state index contributed by atoms with van der Waals surface area (Å²) in [5, 5.41) is 0.910. The summed E-state index contributed by atoms with van der Waals surface area (Å²) < 4.78 is 7.30. The number of aryl methyl sites for hydroxylation is 1. The van der Waals surface area contributed by atoms with Crippen molar-refractivity contribution in [1.29, 1.82) is 0 Å². The van der Waals surface area contributed by atoms with Crippen LogP contribution in [0.15, 0.2) is 79.1 Å². The van der Waals surface area contributed by atoms with Crippen LogP contribution in [-0.4, -0.2) is 16.7 Å². The third-order valence-corrected chi connectivity index (χ3v) is 4.71. The van der Waals surface area contributed by atoms with E-state index in [2.05, 4.69) is 4.98 Å². The number of esters is 1. The molecule has 2 aromatic carbocycles. The van der Waals surface area contributed by atoms with Gasteiger partial charge in [0.1, 0.15) is 13.7 Å². The highest BCUT2D eigenvalue weighted by Crippen LogP contribution is 2.20. The lowest BCUT2D eigenvalue weighted by atomic mass is 10.0. The Balaban J connectivity index is 1.44. The normalized spacial score (nSPS) is 10.8. The molecule has 0 aliphatic heterocycles. The van der Waals surface area contributed by atoms with Gasteiger partial charge in [0.05, 0.1) is 12.1 Å². The van der Waals surface area contributed by atoms with Crippen LogP contribution in [0.4, 0.5) is 0 Å². The molecule has 0 radical (unpaired) electrons. The van der Waals surface area contributed by atoms with Gasteiger partial charge in [-0.1, -0.05) is 30.3 Å². The number of aromatic amines is 1. The topological polar surface area (TPSA) is 63.0 Å². The maximum absolute atomic E-state index is 12.6. The van der Waals surface area contributed by atoms with Crippen molar-refractivity contribution in [3.05, 3.63) is 102 Å². The first-order valence-electron chi connectivity index (χ1n) is 9.40. The molecule has 0 saturated carbocycles. The molecule has 0 fully saturated rings. The summed E-state index contributed by atoms with van der Waals surface area (Å²) in [6.45, 7) is 0.161. The second-order valence-corrected chi connectivity index (χ2v) is 7.01. The molecule has 5 heteroatoms. The van der Waals surface area contributed by atoms with Crippen molar-refractivity contribution in [2.75, 3.05) is 0 Å². The summed E-state index contributed by atoms with van der Waals surface area (Å²) in [5.74, 6) is -0.299. The fourth-order valence-electron chi connectivity index (χ4n) is 3.30. The number of carbonyl (C=O) groups excluding carboxylic acids is 2. The van der Waals surface area contributed by atoms with Crippen molar-refractivity contribution in [3.8, 4) is 0 Å². The van der Waals surface area contributed by atoms with Gasteiger partial charge >= 0.3 is 5.97 Å². The second kappa shape index (κ2) is 8.10. The van der Waals surface area contributed by atoms with Gasteiger partial charge in [-0.2, -0.15) is 0 Å². The molecule has 0 spiro atoms. The van der Waals surface area contributed by atoms with E-state index in [0.717, 1.165) is 22.2 Å². The molecule has 4 rings (SSSR count). The summed E-state index contributed by atoms with van der Waals surface area (Å²) in [7, 11) is 1.91. The van der Waals surface area contributed by atoms with Crippen LogP contribution < -0.4 is 4.57 Å². The van der Waals surface area contributed by atoms with Crippen LogP contribution in [0.25, 0.3) is 10.9 Å². The van der Waals surface area contributed by atoms with Gasteiger partial charge in [-0.3, -0.25) is 9.59 Å². The van der Waals surface area contributed by atoms with Gasteiger partial charge in [0, 0.05) is 33.7 Å². The zero-order valence-corrected chi connectivity index (χ0v) is 16.1. The second-order valence-electron chi connectivity index (χ2n) is 7.01. The number of ether oxygens (including phenoxy) is 1. The van der Waals surface area contributed by atoms with Crippen LogP contribution in [0.5, 0.6) is 0 Å². The molecule has 2 aromatic heterocycles. The van der Waals surface area contributed by atoms with E-state index < -0.39 is 0 Å². The number of fused-ring (bicyclic) bond motifs is 1. The number of hydrogen-bond donors (Lipinski definition) is 1. The van der Waals surface area contributed by atoms with Gasteiger partial charge in [0.2, 0.25) is 0 Å². The highest BCUT2D eigenvalue weighted by Gasteiger charge is 2.12. The first kappa shape index (κ1) is 18.6. The highest BCUT2D eigenvalue weighted by molar-refractivity contribution is 6.10. The Labute approximate surface area is 168 Å². The van der Waals surface area contributed by atoms with E-state index in [1.807, 2.05) is 72.5 Å². The van der Waals surface area contributed by atoms with Crippen LogP contribution in [0.3, 0.4) is 0 Å². The van der Waals surface area contributed by atoms with E-state index in [1.165, 1.54) is 0 Å².